The van der Waals surface area contributed by atoms with E-state index in [1.165, 1.54) is 0 Å². The lowest BCUT2D eigenvalue weighted by molar-refractivity contribution is 0.281. The second-order valence-corrected chi connectivity index (χ2v) is 3.78. The molecule has 0 saturated carbocycles. The average molecular weight is 293 g/mol. The molecule has 8 heteroatoms. The number of aliphatic hydroxyl groups excluding tert-OH is 1. The molecule has 2 rings (SSSR count). The maximum Gasteiger partial charge on any atom is 0.220 e. The highest BCUT2D eigenvalue weighted by molar-refractivity contribution is 5.65. The second-order valence-electron chi connectivity index (χ2n) is 3.78. The van der Waals surface area contributed by atoms with Gasteiger partial charge < -0.3 is 5.11 Å². The van der Waals surface area contributed by atoms with Crippen molar-refractivity contribution in [3.63, 3.8) is 0 Å². The van der Waals surface area contributed by atoms with Crippen LogP contribution in [0.5, 0.6) is 0 Å². The Morgan fingerprint density at radius 3 is 1.85 bits per heavy atom. The fourth-order valence-corrected chi connectivity index (χ4v) is 1.59. The second kappa shape index (κ2) is 5.12. The molecule has 106 valence electrons. The minimum absolute atomic E-state index is 0.0506. The highest BCUT2D eigenvalue weighted by Crippen LogP contribution is 2.32. The van der Waals surface area contributed by atoms with Crippen molar-refractivity contribution in [1.29, 1.82) is 0 Å². The molecule has 2 nitrogen and oxygen atoms in total. The van der Waals surface area contributed by atoms with Gasteiger partial charge in [-0.3, -0.25) is 0 Å². The minimum atomic E-state index is -2.34. The van der Waals surface area contributed by atoms with E-state index in [1.54, 1.807) is 0 Å². The third-order valence-electron chi connectivity index (χ3n) is 2.56. The van der Waals surface area contributed by atoms with Crippen molar-refractivity contribution in [2.75, 3.05) is 0 Å². The van der Waals surface area contributed by atoms with Crippen LogP contribution in [0.2, 0.25) is 0 Å². The summed E-state index contributed by atoms with van der Waals surface area (Å²) in [5, 5.41) is 8.83. The Balaban J connectivity index is 2.83. The van der Waals surface area contributed by atoms with E-state index in [0.717, 1.165) is 12.3 Å². The number of aliphatic hydroxyl groups is 1. The lowest BCUT2D eigenvalue weighted by atomic mass is 10.0. The Labute approximate surface area is 108 Å². The van der Waals surface area contributed by atoms with Gasteiger partial charge in [-0.1, -0.05) is 0 Å². The first-order chi connectivity index (χ1) is 9.38. The first-order valence-corrected chi connectivity index (χ1v) is 5.15. The summed E-state index contributed by atoms with van der Waals surface area (Å²) in [6, 6.07) is 0.751. The van der Waals surface area contributed by atoms with Gasteiger partial charge in [0.05, 0.1) is 12.2 Å². The standard InChI is InChI=1S/C12H5F6NO/c13-7-6(8(14)10(16)11(17)9(7)15)5-1-4(3-20)2-19-12(5)18/h1-2,20H,3H2. The van der Waals surface area contributed by atoms with Gasteiger partial charge in [-0.25, -0.2) is 26.9 Å². The van der Waals surface area contributed by atoms with Gasteiger partial charge in [0.15, 0.2) is 23.3 Å². The van der Waals surface area contributed by atoms with Gasteiger partial charge in [0.1, 0.15) is 0 Å². The number of benzene rings is 1. The number of hydrogen-bond donors (Lipinski definition) is 1. The van der Waals surface area contributed by atoms with E-state index < -0.39 is 52.8 Å². The van der Waals surface area contributed by atoms with Crippen LogP contribution < -0.4 is 0 Å². The van der Waals surface area contributed by atoms with Crippen molar-refractivity contribution in [3.8, 4) is 11.1 Å². The van der Waals surface area contributed by atoms with Gasteiger partial charge in [0.25, 0.3) is 0 Å². The van der Waals surface area contributed by atoms with Crippen LogP contribution in [0.15, 0.2) is 12.3 Å². The smallest absolute Gasteiger partial charge is 0.220 e. The molecule has 1 aromatic carbocycles. The number of hydrogen-bond acceptors (Lipinski definition) is 2. The van der Waals surface area contributed by atoms with E-state index >= 15 is 0 Å². The molecule has 0 spiro atoms. The van der Waals surface area contributed by atoms with Crippen molar-refractivity contribution < 1.29 is 31.4 Å². The van der Waals surface area contributed by atoms with Crippen LogP contribution >= 0.6 is 0 Å². The van der Waals surface area contributed by atoms with Crippen molar-refractivity contribution in [3.05, 3.63) is 52.9 Å². The topological polar surface area (TPSA) is 33.1 Å². The molecule has 0 bridgehead atoms. The predicted molar refractivity (Wildman–Crippen MR) is 55.3 cm³/mol. The summed E-state index contributed by atoms with van der Waals surface area (Å²) in [7, 11) is 0. The minimum Gasteiger partial charge on any atom is -0.392 e. The van der Waals surface area contributed by atoms with Gasteiger partial charge in [-0.15, -0.1) is 0 Å². The Bertz CT molecular complexity index is 659. The molecule has 2 aromatic rings. The monoisotopic (exact) mass is 293 g/mol. The zero-order valence-electron chi connectivity index (χ0n) is 9.52. The Hall–Kier alpha value is -2.09. The van der Waals surface area contributed by atoms with Gasteiger partial charge >= 0.3 is 0 Å². The largest absolute Gasteiger partial charge is 0.392 e. The molecule has 0 saturated heterocycles. The molecule has 0 aliphatic carbocycles. The first-order valence-electron chi connectivity index (χ1n) is 5.15. The van der Waals surface area contributed by atoms with Crippen LogP contribution in [0, 0.1) is 35.0 Å². The van der Waals surface area contributed by atoms with E-state index in [-0.39, 0.29) is 5.56 Å². The quantitative estimate of drug-likeness (QED) is 0.399. The number of nitrogens with zero attached hydrogens (tertiary/aromatic N) is 1. The zero-order valence-corrected chi connectivity index (χ0v) is 9.52. The van der Waals surface area contributed by atoms with E-state index in [1.807, 2.05) is 0 Å². The highest BCUT2D eigenvalue weighted by Gasteiger charge is 2.28. The van der Waals surface area contributed by atoms with Crippen LogP contribution in [-0.4, -0.2) is 10.1 Å². The van der Waals surface area contributed by atoms with Gasteiger partial charge in [-0.05, 0) is 11.6 Å². The average Bonchev–Trinajstić information content (AvgIpc) is 2.45. The van der Waals surface area contributed by atoms with Crippen molar-refractivity contribution in [1.82, 2.24) is 4.98 Å². The van der Waals surface area contributed by atoms with Gasteiger partial charge in [-0.2, -0.15) is 4.39 Å². The Morgan fingerprint density at radius 1 is 0.850 bits per heavy atom. The molecule has 0 aliphatic rings. The van der Waals surface area contributed by atoms with Crippen LogP contribution in [-0.2, 0) is 6.61 Å². The zero-order chi connectivity index (χ0) is 15.0. The predicted octanol–water partition coefficient (Wildman–Crippen LogP) is 3.08. The van der Waals surface area contributed by atoms with Crippen molar-refractivity contribution in [2.24, 2.45) is 0 Å². The van der Waals surface area contributed by atoms with Gasteiger partial charge in [0, 0.05) is 11.8 Å². The Morgan fingerprint density at radius 2 is 1.35 bits per heavy atom. The molecule has 0 unspecified atom stereocenters. The number of aromatic nitrogens is 1. The van der Waals surface area contributed by atoms with Crippen LogP contribution in [0.4, 0.5) is 26.3 Å². The van der Waals surface area contributed by atoms with Crippen LogP contribution in [0.3, 0.4) is 0 Å². The number of rotatable bonds is 2. The van der Waals surface area contributed by atoms with E-state index in [9.17, 15) is 26.3 Å². The van der Waals surface area contributed by atoms with Crippen molar-refractivity contribution in [2.45, 2.75) is 6.61 Å². The number of halogens is 6. The molecule has 1 N–H and O–H groups in total. The third kappa shape index (κ3) is 2.11. The van der Waals surface area contributed by atoms with Crippen LogP contribution in [0.25, 0.3) is 11.1 Å². The molecule has 1 aromatic heterocycles. The van der Waals surface area contributed by atoms with E-state index in [2.05, 4.69) is 4.98 Å². The lowest BCUT2D eigenvalue weighted by Gasteiger charge is -2.09. The Kier molecular flexibility index (Phi) is 3.67. The lowest BCUT2D eigenvalue weighted by Crippen LogP contribution is -2.06. The van der Waals surface area contributed by atoms with E-state index in [0.29, 0.717) is 0 Å². The van der Waals surface area contributed by atoms with Gasteiger partial charge in [0.2, 0.25) is 11.8 Å². The molecule has 1 heterocycles. The fourth-order valence-electron chi connectivity index (χ4n) is 1.59. The summed E-state index contributed by atoms with van der Waals surface area (Å²) in [5.74, 6) is -12.5. The normalized spacial score (nSPS) is 10.9. The maximum atomic E-state index is 13.5. The molecule has 0 fully saturated rings. The summed E-state index contributed by atoms with van der Waals surface area (Å²) in [5.41, 5.74) is -2.41. The highest BCUT2D eigenvalue weighted by atomic mass is 19.2. The molecule has 0 radical (unpaired) electrons. The summed E-state index contributed by atoms with van der Waals surface area (Å²) in [6.45, 7) is -0.643. The molecule has 20 heavy (non-hydrogen) atoms. The van der Waals surface area contributed by atoms with Crippen LogP contribution in [0.1, 0.15) is 5.56 Å². The summed E-state index contributed by atoms with van der Waals surface area (Å²) < 4.78 is 79.5. The summed E-state index contributed by atoms with van der Waals surface area (Å²) >= 11 is 0. The molecule has 0 amide bonds. The molecule has 0 atom stereocenters. The third-order valence-corrected chi connectivity index (χ3v) is 2.56. The number of pyridine rings is 1. The maximum absolute atomic E-state index is 13.5. The molecular formula is C12H5F6NO. The van der Waals surface area contributed by atoms with Crippen molar-refractivity contribution >= 4 is 0 Å². The SMILES string of the molecule is OCc1cnc(F)c(-c2c(F)c(F)c(F)c(F)c2F)c1. The van der Waals surface area contributed by atoms with E-state index in [4.69, 9.17) is 5.11 Å². The summed E-state index contributed by atoms with van der Waals surface area (Å²) in [6.07, 6.45) is 0.866. The molecular weight excluding hydrogens is 288 g/mol. The summed E-state index contributed by atoms with van der Waals surface area (Å²) in [4.78, 5) is 3.09. The fraction of sp³-hybridized carbons (Fsp3) is 0.0833. The first kappa shape index (κ1) is 14.3. The molecule has 0 aliphatic heterocycles.